The van der Waals surface area contributed by atoms with Gasteiger partial charge in [0.05, 0.1) is 0 Å². The van der Waals surface area contributed by atoms with Gasteiger partial charge in [-0.2, -0.15) is 0 Å². The lowest BCUT2D eigenvalue weighted by Crippen LogP contribution is -2.32. The molecule has 4 nitrogen and oxygen atoms in total. The average molecular weight is 265 g/mol. The molecule has 1 unspecified atom stereocenters. The maximum Gasteiger partial charge on any atom is 0.167 e. The lowest BCUT2D eigenvalue weighted by Gasteiger charge is -2.22. The minimum absolute atomic E-state index is 0.0549. The molecule has 1 rings (SSSR count). The van der Waals surface area contributed by atoms with Crippen LogP contribution in [0.3, 0.4) is 0 Å². The van der Waals surface area contributed by atoms with Gasteiger partial charge in [-0.1, -0.05) is 18.6 Å². The quantitative estimate of drug-likeness (QED) is 0.897. The second-order valence-electron chi connectivity index (χ2n) is 3.27. The molecule has 1 heterocycles. The Kier molecular flexibility index (Phi) is 3.60. The number of nitrogens with zero attached hydrogens (tertiary/aromatic N) is 3. The highest BCUT2D eigenvalue weighted by Crippen LogP contribution is 2.33. The fourth-order valence-electron chi connectivity index (χ4n) is 1.52. The summed E-state index contributed by atoms with van der Waals surface area (Å²) < 4.78 is 16.2. The summed E-state index contributed by atoms with van der Waals surface area (Å²) in [6.45, 7) is 1.86. The summed E-state index contributed by atoms with van der Waals surface area (Å²) in [7, 11) is 1.66. The molecule has 0 saturated heterocycles. The van der Waals surface area contributed by atoms with E-state index in [-0.39, 0.29) is 6.54 Å². The van der Waals surface area contributed by atoms with Crippen LogP contribution in [0.2, 0.25) is 0 Å². The Morgan fingerprint density at radius 1 is 1.64 bits per heavy atom. The minimum Gasteiger partial charge on any atom is -0.327 e. The Bertz CT molecular complexity index is 295. The molecule has 0 spiro atoms. The van der Waals surface area contributed by atoms with Gasteiger partial charge in [0.2, 0.25) is 0 Å². The summed E-state index contributed by atoms with van der Waals surface area (Å²) in [6.07, 6.45) is 1.11. The van der Waals surface area contributed by atoms with E-state index in [0.717, 1.165) is 6.42 Å². The normalized spacial score (nSPS) is 15.5. The van der Waals surface area contributed by atoms with Crippen LogP contribution in [0.4, 0.5) is 4.39 Å². The van der Waals surface area contributed by atoms with E-state index in [0.29, 0.717) is 16.7 Å². The van der Waals surface area contributed by atoms with Crippen LogP contribution in [0.25, 0.3) is 0 Å². The zero-order valence-corrected chi connectivity index (χ0v) is 9.88. The average Bonchev–Trinajstić information content (AvgIpc) is 2.47. The molecular formula is C8H14BrFN4. The van der Waals surface area contributed by atoms with Crippen molar-refractivity contribution in [2.45, 2.75) is 25.4 Å². The SMILES string of the molecule is CCCC(F)(CN)c1c(Br)nnn1C. The minimum atomic E-state index is -1.54. The van der Waals surface area contributed by atoms with Crippen LogP contribution in [-0.2, 0) is 12.7 Å². The second kappa shape index (κ2) is 4.35. The van der Waals surface area contributed by atoms with Crippen LogP contribution in [0, 0.1) is 0 Å². The molecule has 0 bridgehead atoms. The van der Waals surface area contributed by atoms with Gasteiger partial charge in [-0.05, 0) is 22.4 Å². The van der Waals surface area contributed by atoms with Crippen molar-refractivity contribution in [3.05, 3.63) is 10.3 Å². The van der Waals surface area contributed by atoms with Crippen LogP contribution in [-0.4, -0.2) is 21.5 Å². The molecule has 14 heavy (non-hydrogen) atoms. The predicted molar refractivity (Wildman–Crippen MR) is 55.5 cm³/mol. The summed E-state index contributed by atoms with van der Waals surface area (Å²) in [5.74, 6) is 0. The van der Waals surface area contributed by atoms with Gasteiger partial charge in [0.25, 0.3) is 0 Å². The Balaban J connectivity index is 3.11. The van der Waals surface area contributed by atoms with Crippen LogP contribution < -0.4 is 5.73 Å². The fourth-order valence-corrected chi connectivity index (χ4v) is 2.20. The highest BCUT2D eigenvalue weighted by Gasteiger charge is 2.35. The lowest BCUT2D eigenvalue weighted by molar-refractivity contribution is 0.146. The maximum atomic E-state index is 14.4. The molecule has 0 aliphatic rings. The molecule has 2 N–H and O–H groups in total. The maximum absolute atomic E-state index is 14.4. The van der Waals surface area contributed by atoms with Crippen LogP contribution in [0.15, 0.2) is 4.60 Å². The molecule has 80 valence electrons. The van der Waals surface area contributed by atoms with Crippen molar-refractivity contribution in [1.82, 2.24) is 15.0 Å². The third-order valence-electron chi connectivity index (χ3n) is 2.18. The van der Waals surface area contributed by atoms with Gasteiger partial charge in [-0.25, -0.2) is 9.07 Å². The first-order valence-electron chi connectivity index (χ1n) is 4.49. The van der Waals surface area contributed by atoms with Crippen LogP contribution in [0.5, 0.6) is 0 Å². The molecule has 0 aliphatic heterocycles. The highest BCUT2D eigenvalue weighted by molar-refractivity contribution is 9.10. The van der Waals surface area contributed by atoms with Crippen LogP contribution in [0.1, 0.15) is 25.5 Å². The van der Waals surface area contributed by atoms with Gasteiger partial charge in [0, 0.05) is 13.6 Å². The molecule has 0 amide bonds. The largest absolute Gasteiger partial charge is 0.327 e. The number of aromatic nitrogens is 3. The first-order chi connectivity index (χ1) is 6.55. The van der Waals surface area contributed by atoms with Crippen molar-refractivity contribution >= 4 is 15.9 Å². The number of nitrogens with two attached hydrogens (primary N) is 1. The van der Waals surface area contributed by atoms with E-state index < -0.39 is 5.67 Å². The zero-order chi connectivity index (χ0) is 10.8. The molecule has 0 radical (unpaired) electrons. The van der Waals surface area contributed by atoms with E-state index in [1.54, 1.807) is 7.05 Å². The van der Waals surface area contributed by atoms with E-state index in [1.165, 1.54) is 4.68 Å². The lowest BCUT2D eigenvalue weighted by atomic mass is 9.97. The summed E-state index contributed by atoms with van der Waals surface area (Å²) in [4.78, 5) is 0. The summed E-state index contributed by atoms with van der Waals surface area (Å²) in [6, 6.07) is 0. The van der Waals surface area contributed by atoms with E-state index in [4.69, 9.17) is 5.73 Å². The molecule has 0 aliphatic carbocycles. The van der Waals surface area contributed by atoms with Gasteiger partial charge in [-0.15, -0.1) is 5.10 Å². The fraction of sp³-hybridized carbons (Fsp3) is 0.750. The first kappa shape index (κ1) is 11.6. The Morgan fingerprint density at radius 2 is 2.29 bits per heavy atom. The molecule has 0 aromatic carbocycles. The predicted octanol–water partition coefficient (Wildman–Crippen LogP) is 1.50. The molecular weight excluding hydrogens is 251 g/mol. The van der Waals surface area contributed by atoms with Crippen molar-refractivity contribution in [3.8, 4) is 0 Å². The molecule has 6 heteroatoms. The first-order valence-corrected chi connectivity index (χ1v) is 5.29. The van der Waals surface area contributed by atoms with Crippen LogP contribution >= 0.6 is 15.9 Å². The highest BCUT2D eigenvalue weighted by atomic mass is 79.9. The van der Waals surface area contributed by atoms with Gasteiger partial charge < -0.3 is 5.73 Å². The number of alkyl halides is 1. The van der Waals surface area contributed by atoms with Crippen molar-refractivity contribution < 1.29 is 4.39 Å². The number of hydrogen-bond donors (Lipinski definition) is 1. The van der Waals surface area contributed by atoms with E-state index >= 15 is 0 Å². The Morgan fingerprint density at radius 3 is 2.64 bits per heavy atom. The zero-order valence-electron chi connectivity index (χ0n) is 8.30. The number of aryl methyl sites for hydroxylation is 1. The Labute approximate surface area is 90.8 Å². The molecule has 1 atom stereocenters. The molecule has 0 fully saturated rings. The van der Waals surface area contributed by atoms with Crippen molar-refractivity contribution in [1.29, 1.82) is 0 Å². The van der Waals surface area contributed by atoms with Gasteiger partial charge in [0.1, 0.15) is 5.69 Å². The summed E-state index contributed by atoms with van der Waals surface area (Å²) >= 11 is 3.17. The monoisotopic (exact) mass is 264 g/mol. The van der Waals surface area contributed by atoms with Crippen molar-refractivity contribution in [2.24, 2.45) is 12.8 Å². The second-order valence-corrected chi connectivity index (χ2v) is 4.02. The van der Waals surface area contributed by atoms with Crippen molar-refractivity contribution in [3.63, 3.8) is 0 Å². The van der Waals surface area contributed by atoms with E-state index in [2.05, 4.69) is 26.2 Å². The standard InChI is InChI=1S/C8H14BrFN4/c1-3-4-8(10,5-11)6-7(9)12-13-14(6)2/h3-5,11H2,1-2H3. The third kappa shape index (κ3) is 1.95. The number of rotatable bonds is 4. The van der Waals surface area contributed by atoms with Gasteiger partial charge in [0.15, 0.2) is 10.3 Å². The third-order valence-corrected chi connectivity index (χ3v) is 2.71. The van der Waals surface area contributed by atoms with Gasteiger partial charge >= 0.3 is 0 Å². The molecule has 1 aromatic rings. The topological polar surface area (TPSA) is 56.7 Å². The van der Waals surface area contributed by atoms with E-state index in [9.17, 15) is 4.39 Å². The molecule has 0 saturated carbocycles. The van der Waals surface area contributed by atoms with Gasteiger partial charge in [-0.3, -0.25) is 0 Å². The molecule has 1 aromatic heterocycles. The number of hydrogen-bond acceptors (Lipinski definition) is 3. The summed E-state index contributed by atoms with van der Waals surface area (Å²) in [5, 5.41) is 7.48. The summed E-state index contributed by atoms with van der Waals surface area (Å²) in [5.41, 5.74) is 4.34. The van der Waals surface area contributed by atoms with Crippen molar-refractivity contribution in [2.75, 3.05) is 6.54 Å². The Hall–Kier alpha value is -0.490. The van der Waals surface area contributed by atoms with E-state index in [1.807, 2.05) is 6.92 Å². The smallest absolute Gasteiger partial charge is 0.167 e. The number of halogens is 2.